The lowest BCUT2D eigenvalue weighted by Crippen LogP contribution is -2.50. The van der Waals surface area contributed by atoms with E-state index in [2.05, 4.69) is 39.8 Å². The highest BCUT2D eigenvalue weighted by atomic mass is 32.2. The van der Waals surface area contributed by atoms with Gasteiger partial charge in [-0.05, 0) is 54.7 Å². The Hall–Kier alpha value is -4.36. The fraction of sp³-hybridized carbons (Fsp3) is 0.160. The molecule has 0 atom stereocenters. The van der Waals surface area contributed by atoms with Gasteiger partial charge < -0.3 is 19.5 Å². The molecule has 0 unspecified atom stereocenters. The second-order valence-corrected chi connectivity index (χ2v) is 10.6. The second kappa shape index (κ2) is 9.84. The number of furan rings is 1. The smallest absolute Gasteiger partial charge is 0.264 e. The average Bonchev–Trinajstić information content (AvgIpc) is 3.33. The number of thiocarbonyl (C=S) groups is 1. The van der Waals surface area contributed by atoms with Crippen molar-refractivity contribution in [2.24, 2.45) is 0 Å². The van der Waals surface area contributed by atoms with Crippen LogP contribution >= 0.6 is 12.2 Å². The molecule has 6 rings (SSSR count). The average molecular weight is 547 g/mol. The number of fused-ring (bicyclic) bond motifs is 3. The van der Waals surface area contributed by atoms with Gasteiger partial charge >= 0.3 is 0 Å². The number of rotatable bonds is 5. The van der Waals surface area contributed by atoms with Crippen LogP contribution in [0.15, 0.2) is 82.6 Å². The standard InChI is InChI=1S/C25H22N8O3S2/c34-38(35,31-24-26-10-3-11-27-24)18-8-6-17(7-9-18)30-25(37)33-14-12-32(13-15-33)23-22-21(28-16-29-23)19-4-1-2-5-20(19)36-22/h1-11,16H,12-15H2,(H,30,37)(H,26,27,31). The Balaban J connectivity index is 1.09. The fourth-order valence-corrected chi connectivity index (χ4v) is 5.57. The lowest BCUT2D eigenvalue weighted by atomic mass is 10.2. The van der Waals surface area contributed by atoms with E-state index in [1.54, 1.807) is 24.5 Å². The Labute approximate surface area is 223 Å². The summed E-state index contributed by atoms with van der Waals surface area (Å²) in [4.78, 5) is 21.1. The molecule has 3 aromatic heterocycles. The van der Waals surface area contributed by atoms with Gasteiger partial charge in [0.25, 0.3) is 10.0 Å². The summed E-state index contributed by atoms with van der Waals surface area (Å²) >= 11 is 5.63. The number of aromatic nitrogens is 4. The molecule has 0 spiro atoms. The maximum absolute atomic E-state index is 12.6. The highest BCUT2D eigenvalue weighted by molar-refractivity contribution is 7.92. The first-order valence-corrected chi connectivity index (χ1v) is 13.7. The van der Waals surface area contributed by atoms with Gasteiger partial charge in [-0.3, -0.25) is 0 Å². The molecule has 1 aliphatic heterocycles. The number of anilines is 3. The number of hydrogen-bond acceptors (Lipinski definition) is 9. The molecule has 13 heteroatoms. The highest BCUT2D eigenvalue weighted by Gasteiger charge is 2.24. The predicted molar refractivity (Wildman–Crippen MR) is 149 cm³/mol. The van der Waals surface area contributed by atoms with Crippen molar-refractivity contribution in [3.05, 3.63) is 73.3 Å². The molecule has 4 heterocycles. The van der Waals surface area contributed by atoms with Crippen LogP contribution in [0.2, 0.25) is 0 Å². The maximum atomic E-state index is 12.6. The van der Waals surface area contributed by atoms with Gasteiger partial charge in [0.1, 0.15) is 17.4 Å². The topological polar surface area (TPSA) is 129 Å². The Morgan fingerprint density at radius 2 is 1.63 bits per heavy atom. The number of benzene rings is 2. The monoisotopic (exact) mass is 546 g/mol. The van der Waals surface area contributed by atoms with Crippen LogP contribution in [0, 0.1) is 0 Å². The third kappa shape index (κ3) is 4.68. The molecule has 38 heavy (non-hydrogen) atoms. The van der Waals surface area contributed by atoms with Crippen molar-refractivity contribution in [3.8, 4) is 0 Å². The van der Waals surface area contributed by atoms with Gasteiger partial charge in [-0.15, -0.1) is 0 Å². The molecule has 1 saturated heterocycles. The zero-order valence-electron chi connectivity index (χ0n) is 20.0. The molecule has 1 aliphatic rings. The summed E-state index contributed by atoms with van der Waals surface area (Å²) in [5.74, 6) is 0.786. The van der Waals surface area contributed by atoms with Gasteiger partial charge in [-0.2, -0.15) is 0 Å². The van der Waals surface area contributed by atoms with E-state index in [1.807, 2.05) is 24.3 Å². The second-order valence-electron chi connectivity index (χ2n) is 8.58. The number of para-hydroxylation sites is 1. The highest BCUT2D eigenvalue weighted by Crippen LogP contribution is 2.32. The number of hydrogen-bond donors (Lipinski definition) is 2. The minimum atomic E-state index is -3.81. The first-order valence-electron chi connectivity index (χ1n) is 11.8. The summed E-state index contributed by atoms with van der Waals surface area (Å²) in [7, 11) is -3.81. The SMILES string of the molecule is O=S(=O)(Nc1ncccn1)c1ccc(NC(=S)N2CCN(c3ncnc4c3oc3ccccc34)CC2)cc1. The van der Waals surface area contributed by atoms with E-state index in [0.29, 0.717) is 42.6 Å². The molecule has 1 fully saturated rings. The molecular formula is C25H22N8O3S2. The van der Waals surface area contributed by atoms with Crippen LogP contribution in [-0.2, 0) is 10.0 Å². The molecule has 11 nitrogen and oxygen atoms in total. The molecule has 2 aromatic carbocycles. The minimum Gasteiger partial charge on any atom is -0.450 e. The summed E-state index contributed by atoms with van der Waals surface area (Å²) in [5.41, 5.74) is 2.97. The van der Waals surface area contributed by atoms with Gasteiger partial charge in [0.15, 0.2) is 16.5 Å². The first kappa shape index (κ1) is 24.0. The fourth-order valence-electron chi connectivity index (χ4n) is 4.31. The van der Waals surface area contributed by atoms with Gasteiger partial charge in [0, 0.05) is 49.6 Å². The van der Waals surface area contributed by atoms with Crippen molar-refractivity contribution in [2.45, 2.75) is 4.90 Å². The Bertz CT molecular complexity index is 1720. The van der Waals surface area contributed by atoms with Crippen LogP contribution in [0.4, 0.5) is 17.5 Å². The van der Waals surface area contributed by atoms with E-state index in [4.69, 9.17) is 16.6 Å². The molecule has 0 amide bonds. The maximum Gasteiger partial charge on any atom is 0.264 e. The number of sulfonamides is 1. The van der Waals surface area contributed by atoms with Crippen molar-refractivity contribution < 1.29 is 12.8 Å². The molecule has 0 bridgehead atoms. The third-order valence-corrected chi connectivity index (χ3v) is 7.92. The largest absolute Gasteiger partial charge is 0.450 e. The molecule has 192 valence electrons. The lowest BCUT2D eigenvalue weighted by molar-refractivity contribution is 0.389. The van der Waals surface area contributed by atoms with E-state index >= 15 is 0 Å². The van der Waals surface area contributed by atoms with Crippen molar-refractivity contribution in [1.82, 2.24) is 24.8 Å². The Kier molecular flexibility index (Phi) is 6.21. The van der Waals surface area contributed by atoms with Gasteiger partial charge in [0.05, 0.1) is 4.90 Å². The van der Waals surface area contributed by atoms with Crippen LogP contribution in [-0.4, -0.2) is 64.5 Å². The quantitative estimate of drug-likeness (QED) is 0.314. The number of piperazine rings is 1. The van der Waals surface area contributed by atoms with Crippen molar-refractivity contribution >= 4 is 66.9 Å². The summed E-state index contributed by atoms with van der Waals surface area (Å²) < 4.78 is 33.6. The van der Waals surface area contributed by atoms with E-state index < -0.39 is 10.0 Å². The van der Waals surface area contributed by atoms with E-state index in [1.165, 1.54) is 24.5 Å². The molecule has 5 aromatic rings. The van der Waals surface area contributed by atoms with Crippen molar-refractivity contribution in [2.75, 3.05) is 41.1 Å². The van der Waals surface area contributed by atoms with Crippen molar-refractivity contribution in [3.63, 3.8) is 0 Å². The van der Waals surface area contributed by atoms with Gasteiger partial charge in [0.2, 0.25) is 5.95 Å². The predicted octanol–water partition coefficient (Wildman–Crippen LogP) is 3.49. The summed E-state index contributed by atoms with van der Waals surface area (Å²) in [6.45, 7) is 2.78. The Morgan fingerprint density at radius 1 is 0.895 bits per heavy atom. The minimum absolute atomic E-state index is 0.0121. The summed E-state index contributed by atoms with van der Waals surface area (Å²) in [6.07, 6.45) is 4.50. The van der Waals surface area contributed by atoms with E-state index in [9.17, 15) is 8.42 Å². The van der Waals surface area contributed by atoms with Crippen LogP contribution in [0.25, 0.3) is 22.1 Å². The van der Waals surface area contributed by atoms with E-state index in [0.717, 1.165) is 22.3 Å². The van der Waals surface area contributed by atoms with Gasteiger partial charge in [-0.1, -0.05) is 12.1 Å². The molecule has 0 aliphatic carbocycles. The third-order valence-electron chi connectivity index (χ3n) is 6.21. The molecule has 0 radical (unpaired) electrons. The zero-order valence-corrected chi connectivity index (χ0v) is 21.6. The number of nitrogens with one attached hydrogen (secondary N) is 2. The van der Waals surface area contributed by atoms with Gasteiger partial charge in [-0.25, -0.2) is 33.1 Å². The van der Waals surface area contributed by atoms with Crippen molar-refractivity contribution in [1.29, 1.82) is 0 Å². The Morgan fingerprint density at radius 3 is 2.39 bits per heavy atom. The van der Waals surface area contributed by atoms with Crippen LogP contribution in [0.5, 0.6) is 0 Å². The van der Waals surface area contributed by atoms with Crippen LogP contribution in [0.3, 0.4) is 0 Å². The van der Waals surface area contributed by atoms with Crippen LogP contribution < -0.4 is 14.9 Å². The molecular weight excluding hydrogens is 524 g/mol. The first-order chi connectivity index (χ1) is 18.5. The molecule has 2 N–H and O–H groups in total. The van der Waals surface area contributed by atoms with Crippen LogP contribution in [0.1, 0.15) is 0 Å². The zero-order chi connectivity index (χ0) is 26.1. The molecule has 0 saturated carbocycles. The summed E-state index contributed by atoms with van der Waals surface area (Å²) in [5, 5.41) is 4.73. The number of nitrogens with zero attached hydrogens (tertiary/aromatic N) is 6. The lowest BCUT2D eigenvalue weighted by Gasteiger charge is -2.36. The normalized spacial score (nSPS) is 14.1. The van der Waals surface area contributed by atoms with E-state index in [-0.39, 0.29) is 10.8 Å². The summed E-state index contributed by atoms with van der Waals surface area (Å²) in [6, 6.07) is 15.8.